The third-order valence-electron chi connectivity index (χ3n) is 3.22. The number of carbonyl (C=O) groups is 1. The number of para-hydroxylation sites is 1. The molecule has 0 bridgehead atoms. The second-order valence-electron chi connectivity index (χ2n) is 5.11. The molecule has 0 spiro atoms. The number of hydrogen-bond donors (Lipinski definition) is 2. The zero-order valence-corrected chi connectivity index (χ0v) is 13.9. The molecule has 0 heterocycles. The lowest BCUT2D eigenvalue weighted by Crippen LogP contribution is -2.21. The van der Waals surface area contributed by atoms with E-state index in [9.17, 15) is 4.79 Å². The molecule has 0 aliphatic carbocycles. The number of benzene rings is 2. The van der Waals surface area contributed by atoms with Gasteiger partial charge < -0.3 is 15.4 Å². The first-order chi connectivity index (χ1) is 11.2. The van der Waals surface area contributed by atoms with Gasteiger partial charge in [0.05, 0.1) is 23.9 Å². The number of hydrogen-bond acceptors (Lipinski definition) is 3. The van der Waals surface area contributed by atoms with Crippen LogP contribution in [0.5, 0.6) is 5.75 Å². The van der Waals surface area contributed by atoms with Crippen LogP contribution in [-0.2, 0) is 4.79 Å². The van der Waals surface area contributed by atoms with Gasteiger partial charge in [0, 0.05) is 5.69 Å². The van der Waals surface area contributed by atoms with Gasteiger partial charge in [-0.1, -0.05) is 37.1 Å². The lowest BCUT2D eigenvalue weighted by molar-refractivity contribution is -0.114. The molecule has 2 aromatic rings. The number of unbranched alkanes of at least 4 members (excludes halogenated alkanes) is 1. The van der Waals surface area contributed by atoms with E-state index in [0.29, 0.717) is 10.7 Å². The lowest BCUT2D eigenvalue weighted by Gasteiger charge is -2.10. The number of halogens is 1. The van der Waals surface area contributed by atoms with E-state index in [1.54, 1.807) is 12.1 Å². The fourth-order valence-corrected chi connectivity index (χ4v) is 2.13. The van der Waals surface area contributed by atoms with Gasteiger partial charge in [-0.25, -0.2) is 0 Å². The van der Waals surface area contributed by atoms with Crippen LogP contribution in [0.4, 0.5) is 11.4 Å². The predicted octanol–water partition coefficient (Wildman–Crippen LogP) is 4.57. The summed E-state index contributed by atoms with van der Waals surface area (Å²) in [7, 11) is 0. The zero-order chi connectivity index (χ0) is 16.5. The summed E-state index contributed by atoms with van der Waals surface area (Å²) in [5.74, 6) is 0.686. The minimum atomic E-state index is -0.152. The summed E-state index contributed by atoms with van der Waals surface area (Å²) < 4.78 is 5.60. The maximum Gasteiger partial charge on any atom is 0.243 e. The summed E-state index contributed by atoms with van der Waals surface area (Å²) in [5, 5.41) is 6.36. The summed E-state index contributed by atoms with van der Waals surface area (Å²) in [6.45, 7) is 3.02. The van der Waals surface area contributed by atoms with E-state index in [-0.39, 0.29) is 12.5 Å². The Balaban J connectivity index is 1.79. The third-order valence-corrected chi connectivity index (χ3v) is 3.55. The number of nitrogens with one attached hydrogen (secondary N) is 2. The molecule has 0 saturated heterocycles. The molecule has 0 aliphatic rings. The van der Waals surface area contributed by atoms with E-state index >= 15 is 0 Å². The van der Waals surface area contributed by atoms with Gasteiger partial charge in [0.2, 0.25) is 5.91 Å². The van der Waals surface area contributed by atoms with Gasteiger partial charge in [-0.2, -0.15) is 0 Å². The first-order valence-electron chi connectivity index (χ1n) is 7.70. The molecule has 2 aromatic carbocycles. The molecule has 1 amide bonds. The Kier molecular flexibility index (Phi) is 6.76. The van der Waals surface area contributed by atoms with E-state index in [1.807, 2.05) is 36.4 Å². The van der Waals surface area contributed by atoms with Gasteiger partial charge in [0.1, 0.15) is 5.75 Å². The van der Waals surface area contributed by atoms with Gasteiger partial charge in [-0.05, 0) is 42.8 Å². The van der Waals surface area contributed by atoms with Crippen molar-refractivity contribution in [2.75, 3.05) is 23.8 Å². The largest absolute Gasteiger partial charge is 0.494 e. The van der Waals surface area contributed by atoms with Crippen LogP contribution >= 0.6 is 11.6 Å². The topological polar surface area (TPSA) is 50.4 Å². The number of rotatable bonds is 8. The Morgan fingerprint density at radius 1 is 1.13 bits per heavy atom. The van der Waals surface area contributed by atoms with Crippen LogP contribution < -0.4 is 15.4 Å². The molecule has 0 fully saturated rings. The summed E-state index contributed by atoms with van der Waals surface area (Å²) in [6, 6.07) is 14.7. The SMILES string of the molecule is CCCCOc1ccc(NCC(=O)Nc2ccccc2Cl)cc1. The Hall–Kier alpha value is -2.20. The molecule has 0 unspecified atom stereocenters. The molecule has 122 valence electrons. The van der Waals surface area contributed by atoms with Crippen LogP contribution in [0.3, 0.4) is 0 Å². The van der Waals surface area contributed by atoms with Crippen molar-refractivity contribution in [2.45, 2.75) is 19.8 Å². The van der Waals surface area contributed by atoms with Crippen molar-refractivity contribution in [2.24, 2.45) is 0 Å². The van der Waals surface area contributed by atoms with Crippen molar-refractivity contribution >= 4 is 28.9 Å². The fraction of sp³-hybridized carbons (Fsp3) is 0.278. The Labute approximate surface area is 141 Å². The normalized spacial score (nSPS) is 10.2. The van der Waals surface area contributed by atoms with E-state index in [0.717, 1.165) is 30.9 Å². The number of carbonyl (C=O) groups excluding carboxylic acids is 1. The molecule has 0 aromatic heterocycles. The Morgan fingerprint density at radius 3 is 2.57 bits per heavy atom. The molecule has 0 aliphatic heterocycles. The molecule has 2 N–H and O–H groups in total. The maximum absolute atomic E-state index is 11.9. The summed E-state index contributed by atoms with van der Waals surface area (Å²) in [4.78, 5) is 11.9. The highest BCUT2D eigenvalue weighted by molar-refractivity contribution is 6.33. The monoisotopic (exact) mass is 332 g/mol. The first kappa shape index (κ1) is 17.2. The van der Waals surface area contributed by atoms with Gasteiger partial charge in [-0.3, -0.25) is 4.79 Å². The van der Waals surface area contributed by atoms with E-state index < -0.39 is 0 Å². The number of amides is 1. The van der Waals surface area contributed by atoms with Gasteiger partial charge >= 0.3 is 0 Å². The van der Waals surface area contributed by atoms with Crippen molar-refractivity contribution < 1.29 is 9.53 Å². The average Bonchev–Trinajstić information content (AvgIpc) is 2.56. The van der Waals surface area contributed by atoms with E-state index in [1.165, 1.54) is 0 Å². The number of anilines is 2. The number of ether oxygens (including phenoxy) is 1. The average molecular weight is 333 g/mol. The highest BCUT2D eigenvalue weighted by Crippen LogP contribution is 2.20. The Bertz CT molecular complexity index is 629. The van der Waals surface area contributed by atoms with Crippen molar-refractivity contribution in [3.8, 4) is 5.75 Å². The quantitative estimate of drug-likeness (QED) is 0.696. The summed E-state index contributed by atoms with van der Waals surface area (Å²) in [5.41, 5.74) is 1.47. The van der Waals surface area contributed by atoms with Crippen LogP contribution in [0.15, 0.2) is 48.5 Å². The van der Waals surface area contributed by atoms with E-state index in [4.69, 9.17) is 16.3 Å². The minimum Gasteiger partial charge on any atom is -0.494 e. The third kappa shape index (κ3) is 5.83. The molecule has 23 heavy (non-hydrogen) atoms. The van der Waals surface area contributed by atoms with Crippen molar-refractivity contribution in [3.63, 3.8) is 0 Å². The molecular formula is C18H21ClN2O2. The molecule has 0 saturated carbocycles. The standard InChI is InChI=1S/C18H21ClN2O2/c1-2-3-12-23-15-10-8-14(9-11-15)20-13-18(22)21-17-7-5-4-6-16(17)19/h4-11,20H,2-3,12-13H2,1H3,(H,21,22). The van der Waals surface area contributed by atoms with E-state index in [2.05, 4.69) is 17.6 Å². The molecule has 2 rings (SSSR count). The minimum absolute atomic E-state index is 0.152. The summed E-state index contributed by atoms with van der Waals surface area (Å²) >= 11 is 6.01. The lowest BCUT2D eigenvalue weighted by atomic mass is 10.3. The van der Waals surface area contributed by atoms with Gasteiger partial charge in [-0.15, -0.1) is 0 Å². The summed E-state index contributed by atoms with van der Waals surface area (Å²) in [6.07, 6.45) is 2.16. The molecule has 5 heteroatoms. The van der Waals surface area contributed by atoms with Gasteiger partial charge in [0.25, 0.3) is 0 Å². The molecule has 4 nitrogen and oxygen atoms in total. The van der Waals surface area contributed by atoms with Crippen molar-refractivity contribution in [1.29, 1.82) is 0 Å². The van der Waals surface area contributed by atoms with Crippen molar-refractivity contribution in [3.05, 3.63) is 53.6 Å². The van der Waals surface area contributed by atoms with Crippen LogP contribution in [0.25, 0.3) is 0 Å². The predicted molar refractivity (Wildman–Crippen MR) is 95.4 cm³/mol. The first-order valence-corrected chi connectivity index (χ1v) is 8.08. The molecule has 0 radical (unpaired) electrons. The van der Waals surface area contributed by atoms with Crippen LogP contribution in [0, 0.1) is 0 Å². The smallest absolute Gasteiger partial charge is 0.243 e. The zero-order valence-electron chi connectivity index (χ0n) is 13.1. The second-order valence-corrected chi connectivity index (χ2v) is 5.52. The van der Waals surface area contributed by atoms with Gasteiger partial charge in [0.15, 0.2) is 0 Å². The maximum atomic E-state index is 11.9. The van der Waals surface area contributed by atoms with Crippen LogP contribution in [0.2, 0.25) is 5.02 Å². The van der Waals surface area contributed by atoms with Crippen molar-refractivity contribution in [1.82, 2.24) is 0 Å². The second kappa shape index (κ2) is 9.06. The molecular weight excluding hydrogens is 312 g/mol. The van der Waals surface area contributed by atoms with Crippen LogP contribution in [-0.4, -0.2) is 19.1 Å². The highest BCUT2D eigenvalue weighted by Gasteiger charge is 2.05. The van der Waals surface area contributed by atoms with Crippen LogP contribution in [0.1, 0.15) is 19.8 Å². The highest BCUT2D eigenvalue weighted by atomic mass is 35.5. The Morgan fingerprint density at radius 2 is 1.87 bits per heavy atom. The molecule has 0 atom stereocenters. The fourth-order valence-electron chi connectivity index (χ4n) is 1.94.